The molecule has 0 saturated heterocycles. The molecule has 2 aromatic carbocycles. The van der Waals surface area contributed by atoms with Crippen molar-refractivity contribution in [2.45, 2.75) is 19.4 Å². The molecule has 2 aromatic rings. The summed E-state index contributed by atoms with van der Waals surface area (Å²) in [4.78, 5) is 22.7. The van der Waals surface area contributed by atoms with Crippen LogP contribution in [-0.2, 0) is 16.0 Å². The van der Waals surface area contributed by atoms with Crippen molar-refractivity contribution in [1.82, 2.24) is 5.32 Å². The number of rotatable bonds is 7. The van der Waals surface area contributed by atoms with E-state index in [2.05, 4.69) is 5.32 Å². The average molecular weight is 357 g/mol. The maximum absolute atomic E-state index is 12.1. The van der Waals surface area contributed by atoms with Crippen molar-refractivity contribution in [3.05, 3.63) is 53.6 Å². The van der Waals surface area contributed by atoms with E-state index < -0.39 is 5.97 Å². The van der Waals surface area contributed by atoms with Crippen LogP contribution in [0.5, 0.6) is 17.2 Å². The highest BCUT2D eigenvalue weighted by atomic mass is 16.7. The van der Waals surface area contributed by atoms with Crippen molar-refractivity contribution >= 4 is 11.9 Å². The highest BCUT2D eigenvalue weighted by Crippen LogP contribution is 2.34. The third kappa shape index (κ3) is 4.44. The van der Waals surface area contributed by atoms with E-state index in [9.17, 15) is 9.59 Å². The number of carboxylic acids is 1. The van der Waals surface area contributed by atoms with Crippen molar-refractivity contribution in [2.24, 2.45) is 0 Å². The van der Waals surface area contributed by atoms with Gasteiger partial charge in [-0.3, -0.25) is 9.59 Å². The van der Waals surface area contributed by atoms with Gasteiger partial charge in [-0.25, -0.2) is 0 Å². The van der Waals surface area contributed by atoms with Crippen LogP contribution in [-0.4, -0.2) is 30.4 Å². The fourth-order valence-electron chi connectivity index (χ4n) is 2.58. The van der Waals surface area contributed by atoms with Gasteiger partial charge in [0.15, 0.2) is 18.1 Å². The molecule has 0 aromatic heterocycles. The number of carbonyl (C=O) groups excluding carboxylic acids is 1. The molecular formula is C19H19NO6. The Bertz CT molecular complexity index is 802. The van der Waals surface area contributed by atoms with Gasteiger partial charge in [0.25, 0.3) is 5.91 Å². The van der Waals surface area contributed by atoms with E-state index in [1.807, 2.05) is 25.1 Å². The van der Waals surface area contributed by atoms with Crippen molar-refractivity contribution in [1.29, 1.82) is 0 Å². The zero-order chi connectivity index (χ0) is 18.5. The monoisotopic (exact) mass is 357 g/mol. The number of benzene rings is 2. The van der Waals surface area contributed by atoms with Crippen LogP contribution in [0.25, 0.3) is 0 Å². The first-order valence-corrected chi connectivity index (χ1v) is 8.14. The Hall–Kier alpha value is -3.22. The minimum absolute atomic E-state index is 0.0478. The number of amides is 1. The molecule has 7 nitrogen and oxygen atoms in total. The Kier molecular flexibility index (Phi) is 5.26. The Balaban J connectivity index is 1.50. The molecule has 7 heteroatoms. The zero-order valence-electron chi connectivity index (χ0n) is 14.2. The lowest BCUT2D eigenvalue weighted by Gasteiger charge is -2.15. The van der Waals surface area contributed by atoms with Crippen LogP contribution in [0.4, 0.5) is 0 Å². The number of carbonyl (C=O) groups is 2. The molecule has 0 bridgehead atoms. The van der Waals surface area contributed by atoms with Gasteiger partial charge in [-0.05, 0) is 42.3 Å². The van der Waals surface area contributed by atoms with Crippen LogP contribution < -0.4 is 19.5 Å². The maximum atomic E-state index is 12.1. The molecule has 1 heterocycles. The molecule has 1 atom stereocenters. The SMILES string of the molecule is C[C@@H](NC(=O)COc1ccc(CC(=O)O)cc1)c1ccc2c(c1)OCO2. The Labute approximate surface area is 150 Å². The predicted molar refractivity (Wildman–Crippen MR) is 92.4 cm³/mol. The Morgan fingerprint density at radius 2 is 1.88 bits per heavy atom. The first kappa shape index (κ1) is 17.6. The lowest BCUT2D eigenvalue weighted by Crippen LogP contribution is -2.31. The molecule has 0 aliphatic carbocycles. The van der Waals surface area contributed by atoms with E-state index >= 15 is 0 Å². The highest BCUT2D eigenvalue weighted by Gasteiger charge is 2.17. The average Bonchev–Trinajstić information content (AvgIpc) is 3.08. The van der Waals surface area contributed by atoms with Crippen LogP contribution in [0.2, 0.25) is 0 Å². The Morgan fingerprint density at radius 1 is 1.15 bits per heavy atom. The summed E-state index contributed by atoms with van der Waals surface area (Å²) < 4.78 is 16.0. The minimum Gasteiger partial charge on any atom is -0.484 e. The summed E-state index contributed by atoms with van der Waals surface area (Å²) in [5.41, 5.74) is 1.58. The largest absolute Gasteiger partial charge is 0.484 e. The molecule has 3 rings (SSSR count). The van der Waals surface area contributed by atoms with Crippen LogP contribution in [0.3, 0.4) is 0 Å². The van der Waals surface area contributed by atoms with Gasteiger partial charge in [-0.1, -0.05) is 18.2 Å². The number of nitrogens with one attached hydrogen (secondary N) is 1. The van der Waals surface area contributed by atoms with E-state index in [0.717, 1.165) is 5.56 Å². The third-order valence-electron chi connectivity index (χ3n) is 3.92. The van der Waals surface area contributed by atoms with Gasteiger partial charge in [-0.15, -0.1) is 0 Å². The van der Waals surface area contributed by atoms with Crippen LogP contribution >= 0.6 is 0 Å². The quantitative estimate of drug-likeness (QED) is 0.790. The summed E-state index contributed by atoms with van der Waals surface area (Å²) in [6.45, 7) is 1.95. The van der Waals surface area contributed by atoms with Crippen LogP contribution in [0.15, 0.2) is 42.5 Å². The van der Waals surface area contributed by atoms with Gasteiger partial charge >= 0.3 is 5.97 Å². The lowest BCUT2D eigenvalue weighted by molar-refractivity contribution is -0.136. The van der Waals surface area contributed by atoms with E-state index in [1.54, 1.807) is 24.3 Å². The van der Waals surface area contributed by atoms with E-state index in [4.69, 9.17) is 19.3 Å². The second-order valence-corrected chi connectivity index (χ2v) is 5.91. The van der Waals surface area contributed by atoms with Gasteiger partial charge < -0.3 is 24.6 Å². The predicted octanol–water partition coefficient (Wildman–Crippen LogP) is 2.30. The summed E-state index contributed by atoms with van der Waals surface area (Å²) in [6.07, 6.45) is -0.0478. The molecule has 1 amide bonds. The lowest BCUT2D eigenvalue weighted by atomic mass is 10.1. The molecule has 2 N–H and O–H groups in total. The summed E-state index contributed by atoms with van der Waals surface area (Å²) in [5, 5.41) is 11.6. The summed E-state index contributed by atoms with van der Waals surface area (Å²) in [5.74, 6) is 0.716. The molecule has 1 aliphatic rings. The molecule has 0 unspecified atom stereocenters. The third-order valence-corrected chi connectivity index (χ3v) is 3.92. The fraction of sp³-hybridized carbons (Fsp3) is 0.263. The van der Waals surface area contributed by atoms with Crippen LogP contribution in [0, 0.1) is 0 Å². The summed E-state index contributed by atoms with van der Waals surface area (Å²) in [6, 6.07) is 11.9. The topological polar surface area (TPSA) is 94.1 Å². The van der Waals surface area contributed by atoms with Gasteiger partial charge in [-0.2, -0.15) is 0 Å². The standard InChI is InChI=1S/C19H19NO6/c1-12(14-4-7-16-17(9-14)26-11-25-16)20-18(21)10-24-15-5-2-13(3-6-15)8-19(22)23/h2-7,9,12H,8,10-11H2,1H3,(H,20,21)(H,22,23)/t12-/m1/s1. The number of fused-ring (bicyclic) bond motifs is 1. The van der Waals surface area contributed by atoms with Gasteiger partial charge in [0.05, 0.1) is 12.5 Å². The molecule has 0 fully saturated rings. The van der Waals surface area contributed by atoms with Crippen LogP contribution in [0.1, 0.15) is 24.1 Å². The van der Waals surface area contributed by atoms with Crippen molar-refractivity contribution in [3.8, 4) is 17.2 Å². The number of aliphatic carboxylic acids is 1. The van der Waals surface area contributed by atoms with E-state index in [-0.39, 0.29) is 31.8 Å². The van der Waals surface area contributed by atoms with E-state index in [1.165, 1.54) is 0 Å². The number of hydrogen-bond acceptors (Lipinski definition) is 5. The normalized spacial score (nSPS) is 13.1. The van der Waals surface area contributed by atoms with E-state index in [0.29, 0.717) is 22.8 Å². The summed E-state index contributed by atoms with van der Waals surface area (Å²) >= 11 is 0. The molecular weight excluding hydrogens is 338 g/mol. The number of hydrogen-bond donors (Lipinski definition) is 2. The number of carboxylic acid groups (broad SMARTS) is 1. The number of ether oxygens (including phenoxy) is 3. The van der Waals surface area contributed by atoms with Crippen molar-refractivity contribution < 1.29 is 28.9 Å². The smallest absolute Gasteiger partial charge is 0.307 e. The molecule has 26 heavy (non-hydrogen) atoms. The van der Waals surface area contributed by atoms with Crippen molar-refractivity contribution in [2.75, 3.05) is 13.4 Å². The maximum Gasteiger partial charge on any atom is 0.307 e. The second-order valence-electron chi connectivity index (χ2n) is 5.91. The molecule has 0 saturated carbocycles. The van der Waals surface area contributed by atoms with Gasteiger partial charge in [0, 0.05) is 0 Å². The fourth-order valence-corrected chi connectivity index (χ4v) is 2.58. The summed E-state index contributed by atoms with van der Waals surface area (Å²) in [7, 11) is 0. The van der Waals surface area contributed by atoms with Crippen molar-refractivity contribution in [3.63, 3.8) is 0 Å². The highest BCUT2D eigenvalue weighted by molar-refractivity contribution is 5.78. The minimum atomic E-state index is -0.893. The first-order valence-electron chi connectivity index (χ1n) is 8.14. The molecule has 136 valence electrons. The first-order chi connectivity index (χ1) is 12.5. The van der Waals surface area contributed by atoms with Gasteiger partial charge in [0.2, 0.25) is 6.79 Å². The Morgan fingerprint density at radius 3 is 2.62 bits per heavy atom. The van der Waals surface area contributed by atoms with Gasteiger partial charge in [0.1, 0.15) is 5.75 Å². The molecule has 0 radical (unpaired) electrons. The molecule has 0 spiro atoms. The molecule has 1 aliphatic heterocycles. The second kappa shape index (κ2) is 7.77. The zero-order valence-corrected chi connectivity index (χ0v) is 14.2.